The molecule has 0 radical (unpaired) electrons. The number of anilines is 1. The standard InChI is InChI=1S/C16H20ClN3/c1-11-6-8-12(9-7-11)10-18-16-14-5-3-2-4-13(14)15(17)19-20-16/h2-5,11-12H,6-10H2,1H3,(H,18,20). The lowest BCUT2D eigenvalue weighted by Gasteiger charge is -2.26. The Morgan fingerprint density at radius 3 is 2.55 bits per heavy atom. The number of hydrogen-bond donors (Lipinski definition) is 1. The van der Waals surface area contributed by atoms with Crippen LogP contribution in [0.2, 0.25) is 5.15 Å². The molecule has 0 spiro atoms. The van der Waals surface area contributed by atoms with Gasteiger partial charge in [-0.1, -0.05) is 55.6 Å². The van der Waals surface area contributed by atoms with Crippen LogP contribution < -0.4 is 5.32 Å². The molecule has 106 valence electrons. The minimum Gasteiger partial charge on any atom is -0.368 e. The second-order valence-electron chi connectivity index (χ2n) is 5.89. The van der Waals surface area contributed by atoms with Gasteiger partial charge in [-0.05, 0) is 24.7 Å². The van der Waals surface area contributed by atoms with E-state index in [0.717, 1.165) is 35.0 Å². The third-order valence-corrected chi connectivity index (χ3v) is 4.62. The van der Waals surface area contributed by atoms with E-state index in [4.69, 9.17) is 11.6 Å². The highest BCUT2D eigenvalue weighted by Crippen LogP contribution is 2.30. The Bertz CT molecular complexity index is 591. The predicted molar refractivity (Wildman–Crippen MR) is 84.2 cm³/mol. The van der Waals surface area contributed by atoms with Gasteiger partial charge < -0.3 is 5.32 Å². The normalized spacial score (nSPS) is 22.9. The van der Waals surface area contributed by atoms with Crippen molar-refractivity contribution in [3.05, 3.63) is 29.4 Å². The zero-order valence-corrected chi connectivity index (χ0v) is 12.5. The Labute approximate surface area is 124 Å². The molecule has 0 aliphatic heterocycles. The van der Waals surface area contributed by atoms with Crippen molar-refractivity contribution >= 4 is 28.2 Å². The SMILES string of the molecule is CC1CCC(CNc2nnc(Cl)c3ccccc23)CC1. The fourth-order valence-electron chi connectivity index (χ4n) is 2.98. The summed E-state index contributed by atoms with van der Waals surface area (Å²) in [5.74, 6) is 2.49. The van der Waals surface area contributed by atoms with E-state index in [1.807, 2.05) is 24.3 Å². The van der Waals surface area contributed by atoms with Crippen molar-refractivity contribution in [2.24, 2.45) is 11.8 Å². The third-order valence-electron chi connectivity index (χ3n) is 4.34. The van der Waals surface area contributed by atoms with E-state index < -0.39 is 0 Å². The number of halogens is 1. The lowest BCUT2D eigenvalue weighted by molar-refractivity contribution is 0.300. The molecular weight excluding hydrogens is 270 g/mol. The highest BCUT2D eigenvalue weighted by molar-refractivity contribution is 6.34. The van der Waals surface area contributed by atoms with Gasteiger partial charge in [0.15, 0.2) is 11.0 Å². The van der Waals surface area contributed by atoms with E-state index in [9.17, 15) is 0 Å². The summed E-state index contributed by atoms with van der Waals surface area (Å²) in [6.07, 6.45) is 5.32. The first-order chi connectivity index (χ1) is 9.74. The van der Waals surface area contributed by atoms with E-state index in [1.54, 1.807) is 0 Å². The number of hydrogen-bond acceptors (Lipinski definition) is 3. The van der Waals surface area contributed by atoms with E-state index in [0.29, 0.717) is 5.15 Å². The summed E-state index contributed by atoms with van der Waals surface area (Å²) in [7, 11) is 0. The first-order valence-corrected chi connectivity index (χ1v) is 7.76. The monoisotopic (exact) mass is 289 g/mol. The van der Waals surface area contributed by atoms with Crippen molar-refractivity contribution in [3.8, 4) is 0 Å². The van der Waals surface area contributed by atoms with Gasteiger partial charge in [-0.15, -0.1) is 10.2 Å². The molecule has 1 heterocycles. The number of nitrogens with zero attached hydrogens (tertiary/aromatic N) is 2. The molecule has 0 unspecified atom stereocenters. The van der Waals surface area contributed by atoms with Crippen LogP contribution in [-0.4, -0.2) is 16.7 Å². The van der Waals surface area contributed by atoms with Gasteiger partial charge >= 0.3 is 0 Å². The van der Waals surface area contributed by atoms with Gasteiger partial charge in [0.2, 0.25) is 0 Å². The summed E-state index contributed by atoms with van der Waals surface area (Å²) in [5, 5.41) is 14.2. The van der Waals surface area contributed by atoms with Crippen LogP contribution in [0, 0.1) is 11.8 Å². The molecule has 1 aromatic heterocycles. The van der Waals surface area contributed by atoms with Gasteiger partial charge in [-0.25, -0.2) is 0 Å². The second kappa shape index (κ2) is 5.96. The smallest absolute Gasteiger partial charge is 0.159 e. The molecule has 0 bridgehead atoms. The van der Waals surface area contributed by atoms with Crippen molar-refractivity contribution in [2.75, 3.05) is 11.9 Å². The largest absolute Gasteiger partial charge is 0.368 e. The van der Waals surface area contributed by atoms with E-state index in [-0.39, 0.29) is 0 Å². The molecule has 0 amide bonds. The molecule has 2 aromatic rings. The van der Waals surface area contributed by atoms with Crippen molar-refractivity contribution in [1.29, 1.82) is 0 Å². The third kappa shape index (κ3) is 2.88. The number of nitrogens with one attached hydrogen (secondary N) is 1. The maximum atomic E-state index is 6.09. The topological polar surface area (TPSA) is 37.8 Å². The van der Waals surface area contributed by atoms with Gasteiger partial charge in [-0.2, -0.15) is 0 Å². The summed E-state index contributed by atoms with van der Waals surface area (Å²) in [4.78, 5) is 0. The lowest BCUT2D eigenvalue weighted by Crippen LogP contribution is -2.20. The van der Waals surface area contributed by atoms with Crippen LogP contribution in [0.25, 0.3) is 10.8 Å². The quantitative estimate of drug-likeness (QED) is 0.902. The Morgan fingerprint density at radius 1 is 1.10 bits per heavy atom. The summed E-state index contributed by atoms with van der Waals surface area (Å²) in [6, 6.07) is 8.01. The highest BCUT2D eigenvalue weighted by Gasteiger charge is 2.18. The van der Waals surface area contributed by atoms with E-state index >= 15 is 0 Å². The Hall–Kier alpha value is -1.35. The summed E-state index contributed by atoms with van der Waals surface area (Å²) in [6.45, 7) is 3.33. The van der Waals surface area contributed by atoms with Gasteiger partial charge in [0.1, 0.15) is 0 Å². The molecule has 1 aliphatic carbocycles. The van der Waals surface area contributed by atoms with Crippen LogP contribution in [0.1, 0.15) is 32.6 Å². The number of aromatic nitrogens is 2. The minimum atomic E-state index is 0.470. The molecule has 1 N–H and O–H groups in total. The van der Waals surface area contributed by atoms with E-state index in [1.165, 1.54) is 25.7 Å². The van der Waals surface area contributed by atoms with Crippen LogP contribution in [0.4, 0.5) is 5.82 Å². The molecule has 1 fully saturated rings. The summed E-state index contributed by atoms with van der Waals surface area (Å²) in [5.41, 5.74) is 0. The van der Waals surface area contributed by atoms with Crippen LogP contribution in [0.15, 0.2) is 24.3 Å². The number of rotatable bonds is 3. The molecular formula is C16H20ClN3. The zero-order valence-electron chi connectivity index (χ0n) is 11.8. The molecule has 1 saturated carbocycles. The first-order valence-electron chi connectivity index (χ1n) is 7.39. The number of benzene rings is 1. The fourth-order valence-corrected chi connectivity index (χ4v) is 3.18. The Morgan fingerprint density at radius 2 is 1.80 bits per heavy atom. The number of fused-ring (bicyclic) bond motifs is 1. The van der Waals surface area contributed by atoms with Crippen LogP contribution in [-0.2, 0) is 0 Å². The minimum absolute atomic E-state index is 0.470. The van der Waals surface area contributed by atoms with Gasteiger partial charge in [0.05, 0.1) is 0 Å². The van der Waals surface area contributed by atoms with Crippen molar-refractivity contribution in [2.45, 2.75) is 32.6 Å². The molecule has 3 rings (SSSR count). The Kier molecular flexibility index (Phi) is 4.06. The zero-order chi connectivity index (χ0) is 13.9. The lowest BCUT2D eigenvalue weighted by atomic mass is 9.83. The fraction of sp³-hybridized carbons (Fsp3) is 0.500. The molecule has 0 atom stereocenters. The molecule has 20 heavy (non-hydrogen) atoms. The molecule has 4 heteroatoms. The molecule has 3 nitrogen and oxygen atoms in total. The van der Waals surface area contributed by atoms with E-state index in [2.05, 4.69) is 22.4 Å². The average Bonchev–Trinajstić information content (AvgIpc) is 2.49. The first kappa shape index (κ1) is 13.6. The van der Waals surface area contributed by atoms with Gasteiger partial charge in [0, 0.05) is 17.3 Å². The maximum absolute atomic E-state index is 6.09. The van der Waals surface area contributed by atoms with Crippen molar-refractivity contribution in [3.63, 3.8) is 0 Å². The summed E-state index contributed by atoms with van der Waals surface area (Å²) >= 11 is 6.09. The van der Waals surface area contributed by atoms with Gasteiger partial charge in [-0.3, -0.25) is 0 Å². The van der Waals surface area contributed by atoms with Crippen molar-refractivity contribution in [1.82, 2.24) is 10.2 Å². The predicted octanol–water partition coefficient (Wildman–Crippen LogP) is 4.52. The second-order valence-corrected chi connectivity index (χ2v) is 6.25. The summed E-state index contributed by atoms with van der Waals surface area (Å²) < 4.78 is 0. The maximum Gasteiger partial charge on any atom is 0.159 e. The van der Waals surface area contributed by atoms with Crippen LogP contribution >= 0.6 is 11.6 Å². The Balaban J connectivity index is 1.73. The highest BCUT2D eigenvalue weighted by atomic mass is 35.5. The van der Waals surface area contributed by atoms with Crippen LogP contribution in [0.3, 0.4) is 0 Å². The van der Waals surface area contributed by atoms with Crippen molar-refractivity contribution < 1.29 is 0 Å². The molecule has 0 saturated heterocycles. The average molecular weight is 290 g/mol. The van der Waals surface area contributed by atoms with Gasteiger partial charge in [0.25, 0.3) is 0 Å². The van der Waals surface area contributed by atoms with Crippen LogP contribution in [0.5, 0.6) is 0 Å². The molecule has 1 aliphatic rings. The molecule has 1 aromatic carbocycles.